The molecule has 5 heteroatoms. The van der Waals surface area contributed by atoms with Crippen LogP contribution >= 0.6 is 0 Å². The van der Waals surface area contributed by atoms with Crippen LogP contribution in [0.15, 0.2) is 12.4 Å². The highest BCUT2D eigenvalue weighted by Crippen LogP contribution is 2.09. The molecular weight excluding hydrogens is 204 g/mol. The second-order valence-electron chi connectivity index (χ2n) is 3.56. The van der Waals surface area contributed by atoms with E-state index in [2.05, 4.69) is 28.7 Å². The number of aromatic nitrogens is 2. The summed E-state index contributed by atoms with van der Waals surface area (Å²) >= 11 is 0. The van der Waals surface area contributed by atoms with Crippen LogP contribution < -0.4 is 10.6 Å². The van der Waals surface area contributed by atoms with E-state index in [0.29, 0.717) is 0 Å². The fraction of sp³-hybridized carbons (Fsp3) is 0.545. The highest BCUT2D eigenvalue weighted by molar-refractivity contribution is 5.90. The van der Waals surface area contributed by atoms with Crippen molar-refractivity contribution in [2.24, 2.45) is 5.73 Å². The summed E-state index contributed by atoms with van der Waals surface area (Å²) in [6, 6.07) is 0. The van der Waals surface area contributed by atoms with Crippen LogP contribution in [-0.2, 0) is 0 Å². The largest absolute Gasteiger partial charge is 0.364 e. The van der Waals surface area contributed by atoms with Gasteiger partial charge < -0.3 is 10.6 Å². The summed E-state index contributed by atoms with van der Waals surface area (Å²) in [6.45, 7) is 6.05. The topological polar surface area (TPSA) is 72.1 Å². The van der Waals surface area contributed by atoms with Crippen LogP contribution in [0.2, 0.25) is 0 Å². The monoisotopic (exact) mass is 222 g/mol. The summed E-state index contributed by atoms with van der Waals surface area (Å²) in [5.41, 5.74) is 5.30. The lowest BCUT2D eigenvalue weighted by molar-refractivity contribution is 0.0995. The zero-order valence-corrected chi connectivity index (χ0v) is 9.81. The molecule has 1 aromatic heterocycles. The van der Waals surface area contributed by atoms with Gasteiger partial charge in [0.2, 0.25) is 0 Å². The first-order valence-electron chi connectivity index (χ1n) is 5.55. The van der Waals surface area contributed by atoms with Crippen LogP contribution in [0, 0.1) is 0 Å². The number of rotatable bonds is 6. The molecule has 0 unspecified atom stereocenters. The lowest BCUT2D eigenvalue weighted by Crippen LogP contribution is -2.25. The molecular formula is C11H18N4O. The van der Waals surface area contributed by atoms with Gasteiger partial charge in [-0.05, 0) is 13.3 Å². The average Bonchev–Trinajstić information content (AvgIpc) is 2.30. The van der Waals surface area contributed by atoms with Gasteiger partial charge in [0.1, 0.15) is 11.5 Å². The maximum Gasteiger partial charge on any atom is 0.268 e. The van der Waals surface area contributed by atoms with Crippen molar-refractivity contribution in [1.29, 1.82) is 0 Å². The number of carbonyl (C=O) groups excluding carboxylic acids is 1. The number of primary amides is 1. The van der Waals surface area contributed by atoms with Gasteiger partial charge in [0.05, 0.1) is 12.4 Å². The summed E-state index contributed by atoms with van der Waals surface area (Å²) in [7, 11) is 0. The smallest absolute Gasteiger partial charge is 0.268 e. The molecule has 1 aromatic rings. The normalized spacial score (nSPS) is 10.1. The summed E-state index contributed by atoms with van der Waals surface area (Å²) in [4.78, 5) is 21.1. The van der Waals surface area contributed by atoms with Gasteiger partial charge in [0, 0.05) is 13.1 Å². The van der Waals surface area contributed by atoms with Crippen LogP contribution in [0.1, 0.15) is 37.2 Å². The van der Waals surface area contributed by atoms with Gasteiger partial charge in [-0.1, -0.05) is 13.3 Å². The van der Waals surface area contributed by atoms with Gasteiger partial charge >= 0.3 is 0 Å². The van der Waals surface area contributed by atoms with Crippen molar-refractivity contribution in [3.63, 3.8) is 0 Å². The Kier molecular flexibility index (Phi) is 4.69. The Bertz CT molecular complexity index is 336. The third-order valence-electron chi connectivity index (χ3n) is 2.38. The first-order valence-corrected chi connectivity index (χ1v) is 5.55. The number of anilines is 1. The predicted octanol–water partition coefficient (Wildman–Crippen LogP) is 1.20. The molecule has 0 fully saturated rings. The van der Waals surface area contributed by atoms with Crippen molar-refractivity contribution in [3.8, 4) is 0 Å². The molecule has 1 heterocycles. The predicted molar refractivity (Wildman–Crippen MR) is 63.3 cm³/mol. The Balaban J connectivity index is 2.74. The molecule has 0 bridgehead atoms. The van der Waals surface area contributed by atoms with E-state index in [0.717, 1.165) is 31.7 Å². The standard InChI is InChI=1S/C11H18N4O/c1-3-5-6-15(4-2)10-8-13-9(7-14-10)11(12)16/h7-8H,3-6H2,1-2H3,(H2,12,16). The molecule has 0 aliphatic rings. The molecule has 16 heavy (non-hydrogen) atoms. The van der Waals surface area contributed by atoms with E-state index in [1.165, 1.54) is 6.20 Å². The van der Waals surface area contributed by atoms with Crippen LogP contribution in [0.25, 0.3) is 0 Å². The fourth-order valence-electron chi connectivity index (χ4n) is 1.40. The maximum absolute atomic E-state index is 10.8. The van der Waals surface area contributed by atoms with Crippen molar-refractivity contribution < 1.29 is 4.79 Å². The minimum Gasteiger partial charge on any atom is -0.364 e. The Morgan fingerprint density at radius 3 is 2.56 bits per heavy atom. The van der Waals surface area contributed by atoms with Gasteiger partial charge in [-0.2, -0.15) is 0 Å². The SMILES string of the molecule is CCCCN(CC)c1cnc(C(N)=O)cn1. The highest BCUT2D eigenvalue weighted by Gasteiger charge is 2.07. The molecule has 88 valence electrons. The quantitative estimate of drug-likeness (QED) is 0.785. The first-order chi connectivity index (χ1) is 7.69. The summed E-state index contributed by atoms with van der Waals surface area (Å²) in [6.07, 6.45) is 5.28. The van der Waals surface area contributed by atoms with Crippen molar-refractivity contribution in [1.82, 2.24) is 9.97 Å². The first kappa shape index (κ1) is 12.4. The zero-order valence-electron chi connectivity index (χ0n) is 9.81. The van der Waals surface area contributed by atoms with Crippen LogP contribution in [0.3, 0.4) is 0 Å². The minimum absolute atomic E-state index is 0.204. The van der Waals surface area contributed by atoms with Crippen LogP contribution in [0.5, 0.6) is 0 Å². The Morgan fingerprint density at radius 2 is 2.12 bits per heavy atom. The van der Waals surface area contributed by atoms with Gasteiger partial charge in [-0.15, -0.1) is 0 Å². The van der Waals surface area contributed by atoms with E-state index >= 15 is 0 Å². The van der Waals surface area contributed by atoms with Crippen LogP contribution in [0.4, 0.5) is 5.82 Å². The molecule has 0 spiro atoms. The van der Waals surface area contributed by atoms with Crippen molar-refractivity contribution >= 4 is 11.7 Å². The van der Waals surface area contributed by atoms with E-state index in [1.54, 1.807) is 6.20 Å². The molecule has 0 atom stereocenters. The number of carbonyl (C=O) groups is 1. The Morgan fingerprint density at radius 1 is 1.38 bits per heavy atom. The lowest BCUT2D eigenvalue weighted by Gasteiger charge is -2.21. The summed E-state index contributed by atoms with van der Waals surface area (Å²) in [5, 5.41) is 0. The molecule has 5 nitrogen and oxygen atoms in total. The van der Waals surface area contributed by atoms with Gasteiger partial charge in [0.15, 0.2) is 0 Å². The number of hydrogen-bond donors (Lipinski definition) is 1. The number of amides is 1. The fourth-order valence-corrected chi connectivity index (χ4v) is 1.40. The van der Waals surface area contributed by atoms with Crippen molar-refractivity contribution in [2.75, 3.05) is 18.0 Å². The van der Waals surface area contributed by atoms with E-state index in [9.17, 15) is 4.79 Å². The summed E-state index contributed by atoms with van der Waals surface area (Å²) < 4.78 is 0. The Hall–Kier alpha value is -1.65. The number of hydrogen-bond acceptors (Lipinski definition) is 4. The lowest BCUT2D eigenvalue weighted by atomic mass is 10.3. The molecule has 1 rings (SSSR count). The van der Waals surface area contributed by atoms with Gasteiger partial charge in [-0.3, -0.25) is 4.79 Å². The zero-order chi connectivity index (χ0) is 12.0. The van der Waals surface area contributed by atoms with Crippen molar-refractivity contribution in [2.45, 2.75) is 26.7 Å². The maximum atomic E-state index is 10.8. The second-order valence-corrected chi connectivity index (χ2v) is 3.56. The summed E-state index contributed by atoms with van der Waals surface area (Å²) in [5.74, 6) is 0.247. The molecule has 0 aliphatic carbocycles. The number of unbranched alkanes of at least 4 members (excludes halogenated alkanes) is 1. The van der Waals surface area contributed by atoms with Gasteiger partial charge in [0.25, 0.3) is 5.91 Å². The molecule has 0 aliphatic heterocycles. The average molecular weight is 222 g/mol. The van der Waals surface area contributed by atoms with E-state index in [1.807, 2.05) is 0 Å². The third kappa shape index (κ3) is 3.18. The van der Waals surface area contributed by atoms with Crippen molar-refractivity contribution in [3.05, 3.63) is 18.1 Å². The molecule has 0 radical (unpaired) electrons. The second kappa shape index (κ2) is 6.05. The molecule has 1 amide bonds. The molecule has 0 aromatic carbocycles. The van der Waals surface area contributed by atoms with Crippen LogP contribution in [-0.4, -0.2) is 29.0 Å². The number of nitrogens with two attached hydrogens (primary N) is 1. The van der Waals surface area contributed by atoms with E-state index in [-0.39, 0.29) is 5.69 Å². The third-order valence-corrected chi connectivity index (χ3v) is 2.38. The molecule has 0 saturated carbocycles. The van der Waals surface area contributed by atoms with Gasteiger partial charge in [-0.25, -0.2) is 9.97 Å². The highest BCUT2D eigenvalue weighted by atomic mass is 16.1. The number of nitrogens with zero attached hydrogens (tertiary/aromatic N) is 3. The Labute approximate surface area is 95.7 Å². The molecule has 0 saturated heterocycles. The molecule has 2 N–H and O–H groups in total. The minimum atomic E-state index is -0.546. The van der Waals surface area contributed by atoms with E-state index in [4.69, 9.17) is 5.73 Å². The van der Waals surface area contributed by atoms with E-state index < -0.39 is 5.91 Å².